The van der Waals surface area contributed by atoms with Crippen molar-refractivity contribution >= 4 is 34.2 Å². The van der Waals surface area contributed by atoms with Gasteiger partial charge < -0.3 is 15.2 Å². The second kappa shape index (κ2) is 9.01. The highest BCUT2D eigenvalue weighted by molar-refractivity contribution is 7.17. The van der Waals surface area contributed by atoms with Crippen molar-refractivity contribution in [2.45, 2.75) is 52.0 Å². The van der Waals surface area contributed by atoms with Gasteiger partial charge in [0.25, 0.3) is 0 Å². The van der Waals surface area contributed by atoms with Gasteiger partial charge >= 0.3 is 11.9 Å². The number of carbonyl (C=O) groups is 3. The van der Waals surface area contributed by atoms with Crippen LogP contribution < -0.4 is 5.32 Å². The summed E-state index contributed by atoms with van der Waals surface area (Å²) in [5.74, 6) is -1.69. The molecule has 2 aromatic rings. The van der Waals surface area contributed by atoms with E-state index in [1.165, 1.54) is 28.4 Å². The zero-order valence-electron chi connectivity index (χ0n) is 15.7. The number of thiophene rings is 1. The number of esters is 1. The fourth-order valence-electron chi connectivity index (χ4n) is 3.14. The van der Waals surface area contributed by atoms with Crippen molar-refractivity contribution < 1.29 is 24.2 Å². The molecule has 28 heavy (non-hydrogen) atoms. The maximum atomic E-state index is 12.5. The highest BCUT2D eigenvalue weighted by Gasteiger charge is 2.27. The lowest BCUT2D eigenvalue weighted by atomic mass is 9.95. The second-order valence-corrected chi connectivity index (χ2v) is 7.75. The van der Waals surface area contributed by atoms with E-state index >= 15 is 0 Å². The van der Waals surface area contributed by atoms with Crippen LogP contribution in [-0.2, 0) is 28.9 Å². The normalized spacial score (nSPS) is 13.0. The molecule has 0 saturated carbocycles. The molecule has 8 nitrogen and oxygen atoms in total. The molecule has 150 valence electrons. The number of amides is 1. The van der Waals surface area contributed by atoms with Gasteiger partial charge in [-0.3, -0.25) is 9.48 Å². The van der Waals surface area contributed by atoms with Crippen LogP contribution in [0.4, 0.5) is 5.00 Å². The summed E-state index contributed by atoms with van der Waals surface area (Å²) in [6, 6.07) is 0. The number of nitrogens with one attached hydrogen (secondary N) is 1. The molecule has 0 saturated heterocycles. The number of hydrogen-bond donors (Lipinski definition) is 2. The van der Waals surface area contributed by atoms with E-state index in [1.807, 2.05) is 6.92 Å². The van der Waals surface area contributed by atoms with Crippen molar-refractivity contribution in [1.29, 1.82) is 0 Å². The summed E-state index contributed by atoms with van der Waals surface area (Å²) < 4.78 is 6.74. The van der Waals surface area contributed by atoms with E-state index in [-0.39, 0.29) is 30.4 Å². The number of fused-ring (bicyclic) bond motifs is 1. The Morgan fingerprint density at radius 2 is 2.11 bits per heavy atom. The van der Waals surface area contributed by atoms with Crippen molar-refractivity contribution in [3.8, 4) is 0 Å². The number of aromatic nitrogens is 2. The summed E-state index contributed by atoms with van der Waals surface area (Å²) in [6.45, 7) is 2.53. The number of nitrogens with zero attached hydrogens (tertiary/aromatic N) is 2. The van der Waals surface area contributed by atoms with Crippen molar-refractivity contribution in [3.05, 3.63) is 34.0 Å². The molecule has 2 heterocycles. The van der Waals surface area contributed by atoms with Crippen LogP contribution in [0.5, 0.6) is 0 Å². The number of carboxylic acids is 1. The molecule has 0 unspecified atom stereocenters. The predicted octanol–water partition coefficient (Wildman–Crippen LogP) is 3.12. The number of ether oxygens (including phenoxy) is 1. The van der Waals surface area contributed by atoms with Crippen LogP contribution in [0.1, 0.15) is 63.8 Å². The summed E-state index contributed by atoms with van der Waals surface area (Å²) >= 11 is 1.45. The Kier molecular flexibility index (Phi) is 6.45. The molecule has 0 aliphatic heterocycles. The number of rotatable bonds is 8. The molecule has 1 aliphatic carbocycles. The lowest BCUT2D eigenvalue weighted by Crippen LogP contribution is -2.17. The number of aryl methyl sites for hydroxylation is 2. The monoisotopic (exact) mass is 405 g/mol. The van der Waals surface area contributed by atoms with Crippen LogP contribution in [0.3, 0.4) is 0 Å². The number of anilines is 1. The molecule has 0 fully saturated rings. The van der Waals surface area contributed by atoms with E-state index in [2.05, 4.69) is 10.4 Å². The Balaban J connectivity index is 1.69. The third-order valence-corrected chi connectivity index (χ3v) is 5.72. The van der Waals surface area contributed by atoms with Gasteiger partial charge in [0.05, 0.1) is 23.9 Å². The Hall–Kier alpha value is -2.68. The van der Waals surface area contributed by atoms with E-state index in [4.69, 9.17) is 9.84 Å². The lowest BCUT2D eigenvalue weighted by Gasteiger charge is -2.12. The van der Waals surface area contributed by atoms with Gasteiger partial charge in [0.2, 0.25) is 5.91 Å². The largest absolute Gasteiger partial charge is 0.478 e. The fraction of sp³-hybridized carbons (Fsp3) is 0.474. The zero-order valence-corrected chi connectivity index (χ0v) is 16.5. The molecule has 0 bridgehead atoms. The summed E-state index contributed by atoms with van der Waals surface area (Å²) in [6.07, 6.45) is 7.32. The predicted molar refractivity (Wildman–Crippen MR) is 104 cm³/mol. The van der Waals surface area contributed by atoms with Gasteiger partial charge in [-0.2, -0.15) is 5.10 Å². The molecule has 0 radical (unpaired) electrons. The molecule has 1 amide bonds. The quantitative estimate of drug-likeness (QED) is 0.653. The van der Waals surface area contributed by atoms with Gasteiger partial charge in [0.1, 0.15) is 5.00 Å². The zero-order chi connectivity index (χ0) is 20.1. The molecule has 1 aliphatic rings. The van der Waals surface area contributed by atoms with Gasteiger partial charge in [-0.25, -0.2) is 9.59 Å². The van der Waals surface area contributed by atoms with Gasteiger partial charge in [-0.15, -0.1) is 11.3 Å². The molecule has 0 aromatic carbocycles. The summed E-state index contributed by atoms with van der Waals surface area (Å²) in [4.78, 5) is 37.0. The van der Waals surface area contributed by atoms with E-state index in [0.717, 1.165) is 42.5 Å². The van der Waals surface area contributed by atoms with Crippen molar-refractivity contribution in [2.24, 2.45) is 0 Å². The first-order chi connectivity index (χ1) is 13.5. The Morgan fingerprint density at radius 1 is 1.32 bits per heavy atom. The van der Waals surface area contributed by atoms with Gasteiger partial charge in [-0.1, -0.05) is 6.92 Å². The van der Waals surface area contributed by atoms with Crippen LogP contribution in [0, 0.1) is 0 Å². The molecule has 9 heteroatoms. The molecular formula is C19H23N3O5S. The third kappa shape index (κ3) is 4.59. The first kappa shape index (κ1) is 20.1. The SMILES string of the molecule is CCCOC(=O)c1c(NC(=O)CCn2cc(C(=O)O)cn2)sc2c1CCCC2. The third-order valence-electron chi connectivity index (χ3n) is 4.51. The van der Waals surface area contributed by atoms with Crippen molar-refractivity contribution in [3.63, 3.8) is 0 Å². The van der Waals surface area contributed by atoms with Gasteiger partial charge in [-0.05, 0) is 37.7 Å². The number of aromatic carboxylic acids is 1. The maximum absolute atomic E-state index is 12.5. The molecular weight excluding hydrogens is 382 g/mol. The Morgan fingerprint density at radius 3 is 2.82 bits per heavy atom. The Bertz CT molecular complexity index is 886. The van der Waals surface area contributed by atoms with Gasteiger partial charge in [0, 0.05) is 24.0 Å². The minimum atomic E-state index is -1.06. The van der Waals surface area contributed by atoms with Crippen molar-refractivity contribution in [2.75, 3.05) is 11.9 Å². The topological polar surface area (TPSA) is 111 Å². The van der Waals surface area contributed by atoms with Crippen LogP contribution in [-0.4, -0.2) is 39.3 Å². The van der Waals surface area contributed by atoms with Gasteiger partial charge in [0.15, 0.2) is 0 Å². The Labute approximate surface area is 166 Å². The summed E-state index contributed by atoms with van der Waals surface area (Å²) in [7, 11) is 0. The van der Waals surface area contributed by atoms with Crippen LogP contribution in [0.15, 0.2) is 12.4 Å². The first-order valence-corrected chi connectivity index (χ1v) is 10.2. The molecule has 0 atom stereocenters. The smallest absolute Gasteiger partial charge is 0.341 e. The molecule has 2 N–H and O–H groups in total. The number of carbonyl (C=O) groups excluding carboxylic acids is 2. The molecule has 3 rings (SSSR count). The van der Waals surface area contributed by atoms with Crippen LogP contribution in [0.2, 0.25) is 0 Å². The second-order valence-electron chi connectivity index (χ2n) is 6.65. The van der Waals surface area contributed by atoms with E-state index in [1.54, 1.807) is 0 Å². The van der Waals surface area contributed by atoms with Crippen LogP contribution >= 0.6 is 11.3 Å². The first-order valence-electron chi connectivity index (χ1n) is 9.36. The van der Waals surface area contributed by atoms with E-state index < -0.39 is 5.97 Å². The average molecular weight is 405 g/mol. The minimum Gasteiger partial charge on any atom is -0.478 e. The molecule has 0 spiro atoms. The van der Waals surface area contributed by atoms with Crippen LogP contribution in [0.25, 0.3) is 0 Å². The fourth-order valence-corrected chi connectivity index (χ4v) is 4.43. The highest BCUT2D eigenvalue weighted by atomic mass is 32.1. The standard InChI is InChI=1S/C19H23N3O5S/c1-2-9-27-19(26)16-13-5-3-4-6-14(13)28-17(16)21-15(23)7-8-22-11-12(10-20-22)18(24)25/h10-11H,2-9H2,1H3,(H,21,23)(H,24,25). The minimum absolute atomic E-state index is 0.0762. The number of hydrogen-bond acceptors (Lipinski definition) is 6. The lowest BCUT2D eigenvalue weighted by molar-refractivity contribution is -0.116. The summed E-state index contributed by atoms with van der Waals surface area (Å²) in [5.41, 5.74) is 1.58. The molecule has 2 aromatic heterocycles. The van der Waals surface area contributed by atoms with Crippen molar-refractivity contribution in [1.82, 2.24) is 9.78 Å². The number of carboxylic acid groups (broad SMARTS) is 1. The van der Waals surface area contributed by atoms with E-state index in [0.29, 0.717) is 17.2 Å². The maximum Gasteiger partial charge on any atom is 0.341 e. The average Bonchev–Trinajstić information content (AvgIpc) is 3.29. The highest BCUT2D eigenvalue weighted by Crippen LogP contribution is 2.38. The summed E-state index contributed by atoms with van der Waals surface area (Å²) in [5, 5.41) is 16.2. The van der Waals surface area contributed by atoms with E-state index in [9.17, 15) is 14.4 Å².